The van der Waals surface area contributed by atoms with Crippen molar-refractivity contribution < 1.29 is 13.2 Å². The van der Waals surface area contributed by atoms with Crippen molar-refractivity contribution in [3.63, 3.8) is 0 Å². The number of carbonyl (C=O) groups is 1. The van der Waals surface area contributed by atoms with Gasteiger partial charge < -0.3 is 5.32 Å². The van der Waals surface area contributed by atoms with Crippen LogP contribution in [0.2, 0.25) is 0 Å². The van der Waals surface area contributed by atoms with E-state index in [1.165, 1.54) is 12.1 Å². The molecule has 0 unspecified atom stereocenters. The summed E-state index contributed by atoms with van der Waals surface area (Å²) in [5, 5.41) is 2.73. The number of sulfonamides is 1. The van der Waals surface area contributed by atoms with E-state index in [0.29, 0.717) is 18.5 Å². The molecule has 0 spiro atoms. The first kappa shape index (κ1) is 15.7. The Balaban J connectivity index is 2.97. The number of hydrogen-bond donors (Lipinski definition) is 2. The fourth-order valence-electron chi connectivity index (χ4n) is 1.47. The van der Waals surface area contributed by atoms with Crippen LogP contribution in [0.5, 0.6) is 0 Å². The number of carbonyl (C=O) groups excluding carboxylic acids is 1. The van der Waals surface area contributed by atoms with E-state index in [-0.39, 0.29) is 16.8 Å². The Labute approximate surface area is 114 Å². The highest BCUT2D eigenvalue weighted by molar-refractivity contribution is 7.89. The van der Waals surface area contributed by atoms with Gasteiger partial charge in [-0.1, -0.05) is 13.0 Å². The maximum Gasteiger partial charge on any atom is 0.251 e. The lowest BCUT2D eigenvalue weighted by Crippen LogP contribution is -2.30. The minimum atomic E-state index is -3.54. The zero-order chi connectivity index (χ0) is 14.5. The highest BCUT2D eigenvalue weighted by Gasteiger charge is 2.15. The second kappa shape index (κ2) is 6.68. The van der Waals surface area contributed by atoms with E-state index in [9.17, 15) is 13.2 Å². The molecule has 0 aliphatic carbocycles. The van der Waals surface area contributed by atoms with Gasteiger partial charge in [-0.25, -0.2) is 13.1 Å². The third kappa shape index (κ3) is 4.65. The van der Waals surface area contributed by atoms with Crippen molar-refractivity contribution in [3.05, 3.63) is 29.8 Å². The summed E-state index contributed by atoms with van der Waals surface area (Å²) in [6, 6.07) is 6.03. The number of benzene rings is 1. The molecule has 1 aromatic rings. The molecule has 0 bridgehead atoms. The SMILES string of the molecule is CCCNS(=O)(=O)c1cccc(C(=O)NC(C)C)c1. The summed E-state index contributed by atoms with van der Waals surface area (Å²) < 4.78 is 26.4. The van der Waals surface area contributed by atoms with Crippen molar-refractivity contribution >= 4 is 15.9 Å². The van der Waals surface area contributed by atoms with Crippen molar-refractivity contribution in [1.29, 1.82) is 0 Å². The lowest BCUT2D eigenvalue weighted by molar-refractivity contribution is 0.0943. The van der Waals surface area contributed by atoms with E-state index >= 15 is 0 Å². The topological polar surface area (TPSA) is 75.3 Å². The first-order valence-corrected chi connectivity index (χ1v) is 7.75. The number of hydrogen-bond acceptors (Lipinski definition) is 3. The first-order chi connectivity index (χ1) is 8.86. The van der Waals surface area contributed by atoms with Crippen LogP contribution in [-0.4, -0.2) is 26.9 Å². The van der Waals surface area contributed by atoms with Crippen molar-refractivity contribution in [3.8, 4) is 0 Å². The molecule has 0 aliphatic heterocycles. The average molecular weight is 284 g/mol. The Bertz CT molecular complexity index is 539. The monoisotopic (exact) mass is 284 g/mol. The summed E-state index contributed by atoms with van der Waals surface area (Å²) in [4.78, 5) is 11.9. The predicted octanol–water partition coefficient (Wildman–Crippen LogP) is 1.51. The van der Waals surface area contributed by atoms with Crippen molar-refractivity contribution in [2.75, 3.05) is 6.54 Å². The van der Waals surface area contributed by atoms with Gasteiger partial charge in [-0.15, -0.1) is 0 Å². The van der Waals surface area contributed by atoms with Crippen LogP contribution in [-0.2, 0) is 10.0 Å². The van der Waals surface area contributed by atoms with Gasteiger partial charge in [0.1, 0.15) is 0 Å². The molecule has 0 radical (unpaired) electrons. The maximum absolute atomic E-state index is 11.9. The molecule has 1 amide bonds. The molecule has 6 heteroatoms. The Morgan fingerprint density at radius 2 is 2.00 bits per heavy atom. The van der Waals surface area contributed by atoms with E-state index in [1.54, 1.807) is 12.1 Å². The van der Waals surface area contributed by atoms with Gasteiger partial charge in [-0.3, -0.25) is 4.79 Å². The van der Waals surface area contributed by atoms with Crippen molar-refractivity contribution in [1.82, 2.24) is 10.0 Å². The lowest BCUT2D eigenvalue weighted by Gasteiger charge is -2.10. The Morgan fingerprint density at radius 3 is 2.58 bits per heavy atom. The quantitative estimate of drug-likeness (QED) is 0.831. The summed E-state index contributed by atoms with van der Waals surface area (Å²) in [6.07, 6.45) is 0.715. The van der Waals surface area contributed by atoms with E-state index in [2.05, 4.69) is 10.0 Å². The molecule has 19 heavy (non-hydrogen) atoms. The van der Waals surface area contributed by atoms with E-state index in [1.807, 2.05) is 20.8 Å². The largest absolute Gasteiger partial charge is 0.350 e. The van der Waals surface area contributed by atoms with E-state index in [0.717, 1.165) is 0 Å². The van der Waals surface area contributed by atoms with Crippen LogP contribution in [0.1, 0.15) is 37.6 Å². The highest BCUT2D eigenvalue weighted by Crippen LogP contribution is 2.11. The standard InChI is InChI=1S/C13H20N2O3S/c1-4-8-14-19(17,18)12-7-5-6-11(9-12)13(16)15-10(2)3/h5-7,9-10,14H,4,8H2,1-3H3,(H,15,16). The number of amides is 1. The minimum absolute atomic E-state index is 0.00554. The third-order valence-corrected chi connectivity index (χ3v) is 3.83. The van der Waals surface area contributed by atoms with E-state index in [4.69, 9.17) is 0 Å². The second-order valence-electron chi connectivity index (χ2n) is 4.55. The van der Waals surface area contributed by atoms with Crippen LogP contribution in [0.3, 0.4) is 0 Å². The van der Waals surface area contributed by atoms with Gasteiger partial charge in [0.2, 0.25) is 10.0 Å². The molecule has 106 valence electrons. The molecule has 0 saturated carbocycles. The van der Waals surface area contributed by atoms with Gasteiger partial charge in [0.05, 0.1) is 4.90 Å². The highest BCUT2D eigenvalue weighted by atomic mass is 32.2. The molecule has 1 rings (SSSR count). The molecule has 0 fully saturated rings. The Morgan fingerprint density at radius 1 is 1.32 bits per heavy atom. The van der Waals surface area contributed by atoms with Crippen LogP contribution in [0.25, 0.3) is 0 Å². The zero-order valence-electron chi connectivity index (χ0n) is 11.4. The van der Waals surface area contributed by atoms with Gasteiger partial charge in [-0.05, 0) is 38.5 Å². The predicted molar refractivity (Wildman–Crippen MR) is 74.5 cm³/mol. The van der Waals surface area contributed by atoms with Gasteiger partial charge in [0, 0.05) is 18.2 Å². The van der Waals surface area contributed by atoms with Gasteiger partial charge in [-0.2, -0.15) is 0 Å². The van der Waals surface area contributed by atoms with Crippen LogP contribution in [0, 0.1) is 0 Å². The molecule has 0 heterocycles. The van der Waals surface area contributed by atoms with Crippen LogP contribution in [0.4, 0.5) is 0 Å². The summed E-state index contributed by atoms with van der Waals surface area (Å²) in [7, 11) is -3.54. The fraction of sp³-hybridized carbons (Fsp3) is 0.462. The van der Waals surface area contributed by atoms with Crippen molar-refractivity contribution in [2.24, 2.45) is 0 Å². The smallest absolute Gasteiger partial charge is 0.251 e. The molecule has 2 N–H and O–H groups in total. The third-order valence-electron chi connectivity index (χ3n) is 2.37. The number of nitrogens with one attached hydrogen (secondary N) is 2. The summed E-state index contributed by atoms with van der Waals surface area (Å²) in [5.41, 5.74) is 0.341. The second-order valence-corrected chi connectivity index (χ2v) is 6.32. The summed E-state index contributed by atoms with van der Waals surface area (Å²) >= 11 is 0. The normalized spacial score (nSPS) is 11.6. The summed E-state index contributed by atoms with van der Waals surface area (Å²) in [5.74, 6) is -0.275. The van der Waals surface area contributed by atoms with Gasteiger partial charge in [0.25, 0.3) is 5.91 Å². The van der Waals surface area contributed by atoms with Crippen LogP contribution in [0.15, 0.2) is 29.2 Å². The lowest BCUT2D eigenvalue weighted by atomic mass is 10.2. The van der Waals surface area contributed by atoms with Gasteiger partial charge >= 0.3 is 0 Å². The molecular formula is C13H20N2O3S. The van der Waals surface area contributed by atoms with Crippen LogP contribution < -0.4 is 10.0 Å². The summed E-state index contributed by atoms with van der Waals surface area (Å²) in [6.45, 7) is 5.96. The van der Waals surface area contributed by atoms with Crippen LogP contribution >= 0.6 is 0 Å². The Hall–Kier alpha value is -1.40. The minimum Gasteiger partial charge on any atom is -0.350 e. The Kier molecular flexibility index (Phi) is 5.50. The first-order valence-electron chi connectivity index (χ1n) is 6.27. The molecule has 5 nitrogen and oxygen atoms in total. The zero-order valence-corrected chi connectivity index (χ0v) is 12.3. The van der Waals surface area contributed by atoms with Crippen molar-refractivity contribution in [2.45, 2.75) is 38.1 Å². The van der Waals surface area contributed by atoms with Gasteiger partial charge in [0.15, 0.2) is 0 Å². The molecule has 0 aromatic heterocycles. The fourth-order valence-corrected chi connectivity index (χ4v) is 2.65. The maximum atomic E-state index is 11.9. The van der Waals surface area contributed by atoms with E-state index < -0.39 is 10.0 Å². The molecule has 1 aromatic carbocycles. The number of rotatable bonds is 6. The molecule has 0 aliphatic rings. The molecule has 0 atom stereocenters. The molecule has 0 saturated heterocycles. The average Bonchev–Trinajstić information content (AvgIpc) is 2.36. The molecular weight excluding hydrogens is 264 g/mol.